The van der Waals surface area contributed by atoms with Gasteiger partial charge in [0.1, 0.15) is 6.54 Å². The molecule has 114 valence electrons. The molecule has 1 aliphatic rings. The third kappa shape index (κ3) is 3.04. The van der Waals surface area contributed by atoms with Crippen molar-refractivity contribution >= 4 is 17.9 Å². The molecule has 2 rings (SSSR count). The molecule has 0 bridgehead atoms. The second kappa shape index (κ2) is 5.94. The van der Waals surface area contributed by atoms with Gasteiger partial charge in [0.25, 0.3) is 0 Å². The van der Waals surface area contributed by atoms with Gasteiger partial charge in [0.15, 0.2) is 5.75 Å². The van der Waals surface area contributed by atoms with Crippen molar-refractivity contribution in [1.82, 2.24) is 14.9 Å². The van der Waals surface area contributed by atoms with Gasteiger partial charge in [-0.05, 0) is 5.92 Å². The smallest absolute Gasteiger partial charge is 0.327 e. The van der Waals surface area contributed by atoms with Crippen LogP contribution in [0.1, 0.15) is 13.8 Å². The first-order chi connectivity index (χ1) is 9.93. The molecule has 1 fully saturated rings. The van der Waals surface area contributed by atoms with Gasteiger partial charge in [-0.25, -0.2) is 14.8 Å². The molecule has 2 heterocycles. The largest absolute Gasteiger partial charge is 0.494 e. The quantitative estimate of drug-likeness (QED) is 0.864. The molecule has 0 saturated carbocycles. The first kappa shape index (κ1) is 15.0. The van der Waals surface area contributed by atoms with Crippen molar-refractivity contribution < 1.29 is 19.4 Å². The summed E-state index contributed by atoms with van der Waals surface area (Å²) in [4.78, 5) is 34.2. The molecule has 2 amide bonds. The average molecular weight is 294 g/mol. The Hall–Kier alpha value is -2.38. The van der Waals surface area contributed by atoms with Gasteiger partial charge in [-0.3, -0.25) is 9.69 Å². The van der Waals surface area contributed by atoms with Crippen LogP contribution in [0.3, 0.4) is 0 Å². The molecule has 1 saturated heterocycles. The third-order valence-corrected chi connectivity index (χ3v) is 3.41. The zero-order chi connectivity index (χ0) is 15.6. The molecular weight excluding hydrogens is 276 g/mol. The predicted molar refractivity (Wildman–Crippen MR) is 74.3 cm³/mol. The maximum absolute atomic E-state index is 12.4. The normalized spacial score (nSPS) is 18.5. The monoisotopic (exact) mass is 294 g/mol. The van der Waals surface area contributed by atoms with Gasteiger partial charge >= 0.3 is 12.0 Å². The molecule has 0 aromatic carbocycles. The van der Waals surface area contributed by atoms with Crippen LogP contribution in [0, 0.1) is 5.92 Å². The number of carboxylic acid groups (broad SMARTS) is 1. The average Bonchev–Trinajstić information content (AvgIpc) is 2.76. The summed E-state index contributed by atoms with van der Waals surface area (Å²) in [6.45, 7) is 3.95. The van der Waals surface area contributed by atoms with Crippen LogP contribution in [0.4, 0.5) is 10.7 Å². The molecular formula is C13H18N4O4. The summed E-state index contributed by atoms with van der Waals surface area (Å²) in [6, 6.07) is -0.569. The van der Waals surface area contributed by atoms with Crippen LogP contribution in [0.5, 0.6) is 5.75 Å². The number of hydrogen-bond acceptors (Lipinski definition) is 5. The van der Waals surface area contributed by atoms with Crippen LogP contribution >= 0.6 is 0 Å². The van der Waals surface area contributed by atoms with Gasteiger partial charge in [-0.2, -0.15) is 0 Å². The van der Waals surface area contributed by atoms with Crippen molar-refractivity contribution in [3.63, 3.8) is 0 Å². The number of aromatic nitrogens is 2. The lowest BCUT2D eigenvalue weighted by Crippen LogP contribution is -2.41. The number of ether oxygens (including phenoxy) is 1. The van der Waals surface area contributed by atoms with Crippen molar-refractivity contribution in [2.45, 2.75) is 19.9 Å². The molecule has 1 atom stereocenters. The number of carboxylic acids is 1. The molecule has 1 aliphatic heterocycles. The molecule has 8 heteroatoms. The maximum Gasteiger partial charge on any atom is 0.327 e. The maximum atomic E-state index is 12.4. The van der Waals surface area contributed by atoms with Gasteiger partial charge in [-0.1, -0.05) is 13.8 Å². The summed E-state index contributed by atoms with van der Waals surface area (Å²) in [7, 11) is 1.50. The van der Waals surface area contributed by atoms with Crippen LogP contribution in [0.15, 0.2) is 12.4 Å². The fraction of sp³-hybridized carbons (Fsp3) is 0.538. The minimum atomic E-state index is -1.04. The van der Waals surface area contributed by atoms with Gasteiger partial charge in [0.2, 0.25) is 5.95 Å². The van der Waals surface area contributed by atoms with E-state index in [1.807, 2.05) is 13.8 Å². The first-order valence-corrected chi connectivity index (χ1v) is 6.60. The fourth-order valence-corrected chi connectivity index (χ4v) is 2.28. The lowest BCUT2D eigenvalue weighted by atomic mass is 10.0. The van der Waals surface area contributed by atoms with Crippen molar-refractivity contribution in [3.8, 4) is 5.75 Å². The van der Waals surface area contributed by atoms with Crippen molar-refractivity contribution in [2.75, 3.05) is 25.1 Å². The fourth-order valence-electron chi connectivity index (χ4n) is 2.28. The van der Waals surface area contributed by atoms with Crippen LogP contribution in [-0.2, 0) is 4.79 Å². The van der Waals surface area contributed by atoms with E-state index in [0.29, 0.717) is 12.3 Å². The van der Waals surface area contributed by atoms with E-state index in [-0.39, 0.29) is 30.5 Å². The third-order valence-electron chi connectivity index (χ3n) is 3.41. The molecule has 21 heavy (non-hydrogen) atoms. The van der Waals surface area contributed by atoms with E-state index in [1.54, 1.807) is 0 Å². The van der Waals surface area contributed by atoms with E-state index < -0.39 is 5.97 Å². The zero-order valence-corrected chi connectivity index (χ0v) is 12.2. The van der Waals surface area contributed by atoms with Crippen molar-refractivity contribution in [1.29, 1.82) is 0 Å². The van der Waals surface area contributed by atoms with Gasteiger partial charge in [0, 0.05) is 0 Å². The lowest BCUT2D eigenvalue weighted by molar-refractivity contribution is -0.138. The molecule has 0 aliphatic carbocycles. The highest BCUT2D eigenvalue weighted by Gasteiger charge is 2.41. The highest BCUT2D eigenvalue weighted by atomic mass is 16.5. The summed E-state index contributed by atoms with van der Waals surface area (Å²) in [6.07, 6.45) is 2.94. The first-order valence-electron chi connectivity index (χ1n) is 6.60. The molecule has 1 aromatic rings. The Labute approximate surface area is 122 Å². The lowest BCUT2D eigenvalue weighted by Gasteiger charge is -2.23. The van der Waals surface area contributed by atoms with E-state index in [0.717, 1.165) is 0 Å². The Morgan fingerprint density at radius 1 is 1.48 bits per heavy atom. The number of urea groups is 1. The number of aliphatic carboxylic acids is 1. The van der Waals surface area contributed by atoms with Crippen LogP contribution in [0.25, 0.3) is 0 Å². The number of rotatable bonds is 5. The molecule has 0 unspecified atom stereocenters. The number of nitrogens with zero attached hydrogens (tertiary/aromatic N) is 4. The number of amides is 2. The standard InChI is InChI=1S/C13H18N4O4/c1-8(2)10-6-17(13(20)16(10)7-11(18)19)12-14-4-9(21-3)5-15-12/h4-5,8,10H,6-7H2,1-3H3,(H,18,19)/t10-/m1/s1. The van der Waals surface area contributed by atoms with E-state index in [9.17, 15) is 9.59 Å². The molecule has 8 nitrogen and oxygen atoms in total. The Morgan fingerprint density at radius 2 is 2.10 bits per heavy atom. The Balaban J connectivity index is 2.24. The summed E-state index contributed by atoms with van der Waals surface area (Å²) in [5.74, 6) is -0.157. The minimum Gasteiger partial charge on any atom is -0.494 e. The van der Waals surface area contributed by atoms with Gasteiger partial charge in [-0.15, -0.1) is 0 Å². The predicted octanol–water partition coefficient (Wildman–Crippen LogP) is 0.836. The Bertz CT molecular complexity index is 531. The minimum absolute atomic E-state index is 0.136. The van der Waals surface area contributed by atoms with E-state index in [1.165, 1.54) is 29.3 Å². The van der Waals surface area contributed by atoms with Gasteiger partial charge in [0.05, 0.1) is 32.1 Å². The second-order valence-electron chi connectivity index (χ2n) is 5.15. The topological polar surface area (TPSA) is 95.9 Å². The number of carbonyl (C=O) groups is 2. The van der Waals surface area contributed by atoms with Crippen molar-refractivity contribution in [3.05, 3.63) is 12.4 Å². The molecule has 0 radical (unpaired) electrons. The van der Waals surface area contributed by atoms with E-state index >= 15 is 0 Å². The molecule has 0 spiro atoms. The van der Waals surface area contributed by atoms with Gasteiger partial charge < -0.3 is 14.7 Å². The Morgan fingerprint density at radius 3 is 2.57 bits per heavy atom. The summed E-state index contributed by atoms with van der Waals surface area (Å²) in [5.41, 5.74) is 0. The number of methoxy groups -OCH3 is 1. The SMILES string of the molecule is COc1cnc(N2C[C@H](C(C)C)N(CC(=O)O)C2=O)nc1. The van der Waals surface area contributed by atoms with Crippen molar-refractivity contribution in [2.24, 2.45) is 5.92 Å². The number of hydrogen-bond donors (Lipinski definition) is 1. The highest BCUT2D eigenvalue weighted by Crippen LogP contribution is 2.25. The molecule has 1 N–H and O–H groups in total. The number of anilines is 1. The second-order valence-corrected chi connectivity index (χ2v) is 5.15. The number of carbonyl (C=O) groups excluding carboxylic acids is 1. The zero-order valence-electron chi connectivity index (χ0n) is 12.2. The summed E-state index contributed by atoms with van der Waals surface area (Å²) < 4.78 is 4.98. The van der Waals surface area contributed by atoms with Crippen LogP contribution < -0.4 is 9.64 Å². The van der Waals surface area contributed by atoms with E-state index in [2.05, 4.69) is 9.97 Å². The molecule has 1 aromatic heterocycles. The van der Waals surface area contributed by atoms with Crippen LogP contribution in [-0.4, -0.2) is 58.2 Å². The van der Waals surface area contributed by atoms with E-state index in [4.69, 9.17) is 9.84 Å². The Kier molecular flexibility index (Phi) is 4.25. The summed E-state index contributed by atoms with van der Waals surface area (Å²) >= 11 is 0. The highest BCUT2D eigenvalue weighted by molar-refractivity contribution is 5.94. The van der Waals surface area contributed by atoms with Crippen LogP contribution in [0.2, 0.25) is 0 Å². The summed E-state index contributed by atoms with van der Waals surface area (Å²) in [5, 5.41) is 8.96.